The van der Waals surface area contributed by atoms with Crippen LogP contribution in [-0.2, 0) is 77.0 Å². The molecule has 0 saturated heterocycles. The summed E-state index contributed by atoms with van der Waals surface area (Å²) < 4.78 is 0. The minimum absolute atomic E-state index is 1.06. The van der Waals surface area contributed by atoms with Crippen LogP contribution in [-0.4, -0.2) is 0 Å². The maximum atomic E-state index is 2.40. The quantitative estimate of drug-likeness (QED) is 0.142. The standard InChI is InChI=1S/6C24H16/c1-4-8-20-15(5-1)9-10-17-13-18-11-12-21-19-7-3-2-6-16(19)14-22(21)24(18)23(17)20;1-3-7-18-15(5-1)9-12-21-22(18)14-17-10-11-20-19-8-4-2-6-16(19)13-23(20)24(17)21;1-3-7-18-15(5-1)9-11-20-21-12-10-17-13-16-6-2-4-8-19(16)24(17)23(21)14-22(18)20;1-3-7-19-15(5-1)9-10-18-14-22-21(23(18)19)12-11-17-13-16-6-2-4-8-20(16)24(17)22;1-2-6-16-13-22-19(11-15(16)5-1)12-18-9-10-21-20-8-4-3-7-17(20)14-23(21)24(18)22;1-2-6-16-13-22-19(11-15(16)5-1)14-23-21(22)10-9-18-12-17-7-3-4-8-20(17)24(18)23/h4*1-12H,13-14H2;2*1-11,13H,12,14H2. The Morgan fingerprint density at radius 2 is 0.312 bits per heavy atom. The first-order chi connectivity index (χ1) is 71.4. The summed E-state index contributed by atoms with van der Waals surface area (Å²) in [5, 5.41) is 16.4. The zero-order chi connectivity index (χ0) is 94.0. The average Bonchev–Trinajstić information content (AvgIpc) is 1.53. The van der Waals surface area contributed by atoms with E-state index in [9.17, 15) is 0 Å². The number of fused-ring (bicyclic) bond motifs is 52. The van der Waals surface area contributed by atoms with Gasteiger partial charge in [0.25, 0.3) is 0 Å². The lowest BCUT2D eigenvalue weighted by atomic mass is 9.92. The first-order valence-corrected chi connectivity index (χ1v) is 51.8. The fourth-order valence-corrected chi connectivity index (χ4v) is 28.0. The zero-order valence-corrected chi connectivity index (χ0v) is 80.1. The molecule has 0 heterocycles. The molecule has 0 heteroatoms. The van der Waals surface area contributed by atoms with E-state index in [1.807, 2.05) is 0 Å². The highest BCUT2D eigenvalue weighted by molar-refractivity contribution is 6.08. The van der Waals surface area contributed by atoms with Gasteiger partial charge in [-0.3, -0.25) is 0 Å². The largest absolute Gasteiger partial charge is 0.0619 e. The maximum absolute atomic E-state index is 2.40. The smallest absolute Gasteiger partial charge is 0.000101 e. The van der Waals surface area contributed by atoms with Crippen molar-refractivity contribution in [3.8, 4) is 134 Å². The fourth-order valence-electron chi connectivity index (χ4n) is 28.0. The third-order valence-corrected chi connectivity index (χ3v) is 34.3. The summed E-state index contributed by atoms with van der Waals surface area (Å²) in [6.45, 7) is 0. The van der Waals surface area contributed by atoms with Crippen molar-refractivity contribution in [1.82, 2.24) is 0 Å². The zero-order valence-electron chi connectivity index (χ0n) is 80.1. The van der Waals surface area contributed by atoms with Gasteiger partial charge in [-0.15, -0.1) is 0 Å². The van der Waals surface area contributed by atoms with Crippen LogP contribution in [0.4, 0.5) is 0 Å². The van der Waals surface area contributed by atoms with Crippen molar-refractivity contribution in [2.24, 2.45) is 0 Å². The molecule has 0 N–H and O–H groups in total. The van der Waals surface area contributed by atoms with Crippen LogP contribution in [0.2, 0.25) is 0 Å². The lowest BCUT2D eigenvalue weighted by Crippen LogP contribution is -1.89. The predicted molar refractivity (Wildman–Crippen MR) is 603 cm³/mol. The highest BCUT2D eigenvalue weighted by Gasteiger charge is 2.37. The van der Waals surface area contributed by atoms with Gasteiger partial charge in [0.05, 0.1) is 0 Å². The Morgan fingerprint density at radius 3 is 0.785 bits per heavy atom. The molecule has 144 heavy (non-hydrogen) atoms. The molecule has 12 aliphatic rings. The molecule has 0 aromatic heterocycles. The third kappa shape index (κ3) is 12.7. The Hall–Kier alpha value is -17.2. The van der Waals surface area contributed by atoms with Gasteiger partial charge in [0.15, 0.2) is 0 Å². The molecule has 24 aromatic carbocycles. The SMILES string of the molecule is c1ccc2c(c1)Cc1c-2ccc2c1-c1c(ccc3ccccc13)C2.c1ccc2c(c1)Cc1c-2ccc2c1-c1cc3ccccc3cc1C2.c1ccc2c(c1)Cc1c-2ccc2c1-c1ccc3ccccc3c1C2.c1ccc2c(c1)Cc1ccc3c(c1-2)Cc1c-3ccc2ccccc12.c1ccc2c(c1)Cc1ccc3c(c1-2)Cc1cc2ccccc2cc1-3.c1ccc2c(c1)Cc1ccc3c(c1-2)Cc1ccc2ccccc2c1-3. The summed E-state index contributed by atoms with van der Waals surface area (Å²) in [6, 6.07) is 162. The van der Waals surface area contributed by atoms with Crippen LogP contribution in [0.15, 0.2) is 437 Å². The Labute approximate surface area is 839 Å². The van der Waals surface area contributed by atoms with Crippen molar-refractivity contribution < 1.29 is 0 Å². The van der Waals surface area contributed by atoms with Gasteiger partial charge >= 0.3 is 0 Å². The van der Waals surface area contributed by atoms with Crippen molar-refractivity contribution in [3.63, 3.8) is 0 Å². The summed E-state index contributed by atoms with van der Waals surface area (Å²) in [6.07, 6.45) is 12.8. The maximum Gasteiger partial charge on any atom is -0.000101 e. The van der Waals surface area contributed by atoms with E-state index in [0.29, 0.717) is 0 Å². The molecule has 24 aromatic rings. The van der Waals surface area contributed by atoms with E-state index < -0.39 is 0 Å². The van der Waals surface area contributed by atoms with E-state index in [1.54, 1.807) is 0 Å². The normalized spacial score (nSPS) is 13.5. The second-order valence-corrected chi connectivity index (χ2v) is 41.8. The average molecular weight is 1830 g/mol. The molecular formula is C144H96. The Balaban J connectivity index is 0.0000000788. The van der Waals surface area contributed by atoms with Crippen LogP contribution in [0, 0.1) is 0 Å². The molecule has 0 bridgehead atoms. The van der Waals surface area contributed by atoms with E-state index in [0.717, 1.165) is 77.0 Å². The molecule has 12 aliphatic carbocycles. The van der Waals surface area contributed by atoms with E-state index in [4.69, 9.17) is 0 Å². The molecule has 0 atom stereocenters. The number of benzene rings is 24. The van der Waals surface area contributed by atoms with Crippen LogP contribution in [0.25, 0.3) is 198 Å². The van der Waals surface area contributed by atoms with Crippen LogP contribution < -0.4 is 0 Å². The fraction of sp³-hybridized carbons (Fsp3) is 0.0833. The highest BCUT2D eigenvalue weighted by atomic mass is 14.4. The van der Waals surface area contributed by atoms with Gasteiger partial charge < -0.3 is 0 Å². The van der Waals surface area contributed by atoms with Gasteiger partial charge in [-0.2, -0.15) is 0 Å². The van der Waals surface area contributed by atoms with Gasteiger partial charge in [-0.25, -0.2) is 0 Å². The van der Waals surface area contributed by atoms with Gasteiger partial charge in [0.1, 0.15) is 0 Å². The molecule has 0 unspecified atom stereocenters. The first kappa shape index (κ1) is 81.7. The second-order valence-electron chi connectivity index (χ2n) is 41.8. The van der Waals surface area contributed by atoms with Crippen LogP contribution in [0.3, 0.4) is 0 Å². The molecule has 0 amide bonds. The summed E-state index contributed by atoms with van der Waals surface area (Å²) in [4.78, 5) is 0. The number of hydrogen-bond donors (Lipinski definition) is 0. The molecule has 0 nitrogen and oxygen atoms in total. The lowest BCUT2D eigenvalue weighted by Gasteiger charge is -2.11. The Kier molecular flexibility index (Phi) is 18.3. The van der Waals surface area contributed by atoms with Crippen molar-refractivity contribution >= 4 is 64.6 Å². The molecule has 36 rings (SSSR count). The lowest BCUT2D eigenvalue weighted by molar-refractivity contribution is 1.23. The summed E-state index contributed by atoms with van der Waals surface area (Å²) in [7, 11) is 0. The summed E-state index contributed by atoms with van der Waals surface area (Å²) in [5.74, 6) is 0. The van der Waals surface area contributed by atoms with Gasteiger partial charge in [-0.1, -0.05) is 425 Å². The van der Waals surface area contributed by atoms with Crippen LogP contribution in [0.1, 0.15) is 134 Å². The molecule has 0 spiro atoms. The monoisotopic (exact) mass is 1820 g/mol. The van der Waals surface area contributed by atoms with E-state index in [2.05, 4.69) is 437 Å². The van der Waals surface area contributed by atoms with Crippen LogP contribution in [0.5, 0.6) is 0 Å². The van der Waals surface area contributed by atoms with Gasteiger partial charge in [0, 0.05) is 0 Å². The first-order valence-electron chi connectivity index (χ1n) is 51.8. The topological polar surface area (TPSA) is 0 Å². The highest BCUT2D eigenvalue weighted by Crippen LogP contribution is 2.58. The summed E-state index contributed by atoms with van der Waals surface area (Å²) in [5.41, 5.74) is 70.8. The van der Waals surface area contributed by atoms with Crippen molar-refractivity contribution in [1.29, 1.82) is 0 Å². The molecule has 672 valence electrons. The minimum atomic E-state index is 1.06. The number of hydrogen-bond acceptors (Lipinski definition) is 0. The molecule has 0 fully saturated rings. The van der Waals surface area contributed by atoms with E-state index in [-0.39, 0.29) is 0 Å². The van der Waals surface area contributed by atoms with E-state index >= 15 is 0 Å². The summed E-state index contributed by atoms with van der Waals surface area (Å²) >= 11 is 0. The van der Waals surface area contributed by atoms with E-state index in [1.165, 1.54) is 332 Å². The molecular weight excluding hydrogens is 1730 g/mol. The molecule has 0 saturated carbocycles. The van der Waals surface area contributed by atoms with Crippen molar-refractivity contribution in [2.45, 2.75) is 77.0 Å². The van der Waals surface area contributed by atoms with Gasteiger partial charge in [0.2, 0.25) is 0 Å². The molecule has 0 radical (unpaired) electrons. The third-order valence-electron chi connectivity index (χ3n) is 34.3. The van der Waals surface area contributed by atoms with Crippen molar-refractivity contribution in [3.05, 3.63) is 570 Å². The van der Waals surface area contributed by atoms with Crippen molar-refractivity contribution in [2.75, 3.05) is 0 Å². The minimum Gasteiger partial charge on any atom is -0.0619 e. The van der Waals surface area contributed by atoms with Crippen LogP contribution >= 0.6 is 0 Å². The molecule has 0 aliphatic heterocycles. The number of rotatable bonds is 0. The predicted octanol–water partition coefficient (Wildman–Crippen LogP) is 35.9. The Morgan fingerprint density at radius 1 is 0.0903 bits per heavy atom. The Bertz CT molecular complexity index is 9680. The second kappa shape index (κ2) is 32.2. The van der Waals surface area contributed by atoms with Gasteiger partial charge in [-0.05, 0) is 421 Å².